The van der Waals surface area contributed by atoms with E-state index in [1.807, 2.05) is 25.1 Å². The van der Waals surface area contributed by atoms with Crippen molar-refractivity contribution in [3.63, 3.8) is 0 Å². The molecule has 2 fully saturated rings. The fourth-order valence-corrected chi connectivity index (χ4v) is 4.91. The standard InChI is InChI=1S/C22H24ClFN6O/c1-13-8-19(18(24)10-25-13)30-11-14-6-7-15(12-30)20(14)26-21-27-22(29(2)28-21)31-17-5-3-4-16(23)9-17/h3-5,8-10,14-15,20H,6-7,11-12H2,1-2H3,(H,26,28)/t14-,15+,20-. The highest BCUT2D eigenvalue weighted by Gasteiger charge is 2.43. The normalized spacial score (nSPS) is 22.6. The van der Waals surface area contributed by atoms with Crippen LogP contribution in [0.4, 0.5) is 16.0 Å². The molecule has 0 spiro atoms. The lowest BCUT2D eigenvalue weighted by Gasteiger charge is -2.39. The Balaban J connectivity index is 1.29. The third-order valence-corrected chi connectivity index (χ3v) is 6.41. The Hall–Kier alpha value is -2.87. The number of rotatable bonds is 5. The summed E-state index contributed by atoms with van der Waals surface area (Å²) in [5.74, 6) is 1.68. The van der Waals surface area contributed by atoms with Crippen molar-refractivity contribution in [2.24, 2.45) is 18.9 Å². The number of anilines is 2. The molecule has 1 saturated heterocycles. The Kier molecular flexibility index (Phi) is 5.17. The molecule has 2 aliphatic rings. The number of aryl methyl sites for hydroxylation is 2. The quantitative estimate of drug-likeness (QED) is 0.630. The highest BCUT2D eigenvalue weighted by molar-refractivity contribution is 6.30. The number of benzene rings is 1. The van der Waals surface area contributed by atoms with Gasteiger partial charge < -0.3 is 15.0 Å². The fourth-order valence-electron chi connectivity index (χ4n) is 4.73. The van der Waals surface area contributed by atoms with Crippen LogP contribution in [0.1, 0.15) is 18.5 Å². The molecule has 3 aromatic rings. The van der Waals surface area contributed by atoms with Crippen LogP contribution in [-0.2, 0) is 7.05 Å². The van der Waals surface area contributed by atoms with Gasteiger partial charge in [0, 0.05) is 36.9 Å². The van der Waals surface area contributed by atoms with Crippen molar-refractivity contribution >= 4 is 23.2 Å². The number of nitrogens with one attached hydrogen (secondary N) is 1. The van der Waals surface area contributed by atoms with E-state index in [1.165, 1.54) is 6.20 Å². The van der Waals surface area contributed by atoms with E-state index in [0.29, 0.717) is 40.3 Å². The van der Waals surface area contributed by atoms with Crippen LogP contribution < -0.4 is 15.0 Å². The van der Waals surface area contributed by atoms with Crippen LogP contribution in [0.2, 0.25) is 5.02 Å². The number of fused-ring (bicyclic) bond motifs is 2. The molecule has 5 rings (SSSR count). The van der Waals surface area contributed by atoms with E-state index in [2.05, 4.69) is 25.3 Å². The molecule has 2 bridgehead atoms. The van der Waals surface area contributed by atoms with E-state index >= 15 is 0 Å². The zero-order valence-electron chi connectivity index (χ0n) is 17.4. The zero-order valence-corrected chi connectivity index (χ0v) is 18.2. The summed E-state index contributed by atoms with van der Waals surface area (Å²) in [6.07, 6.45) is 3.52. The lowest BCUT2D eigenvalue weighted by Crippen LogP contribution is -2.48. The van der Waals surface area contributed by atoms with Crippen molar-refractivity contribution in [1.29, 1.82) is 0 Å². The van der Waals surface area contributed by atoms with Gasteiger partial charge in [-0.3, -0.25) is 4.98 Å². The van der Waals surface area contributed by atoms with Gasteiger partial charge in [0.2, 0.25) is 5.95 Å². The molecule has 1 aromatic carbocycles. The average Bonchev–Trinajstić information content (AvgIpc) is 3.17. The van der Waals surface area contributed by atoms with Gasteiger partial charge >= 0.3 is 6.01 Å². The van der Waals surface area contributed by atoms with Gasteiger partial charge in [0.1, 0.15) is 5.75 Å². The van der Waals surface area contributed by atoms with Crippen molar-refractivity contribution in [3.8, 4) is 11.8 Å². The second kappa shape index (κ2) is 8.00. The predicted molar refractivity (Wildman–Crippen MR) is 117 cm³/mol. The van der Waals surface area contributed by atoms with Gasteiger partial charge in [-0.2, -0.15) is 4.98 Å². The second-order valence-corrected chi connectivity index (χ2v) is 8.79. The molecule has 1 aliphatic heterocycles. The lowest BCUT2D eigenvalue weighted by atomic mass is 9.92. The third kappa shape index (κ3) is 4.04. The number of halogens is 2. The number of pyridine rings is 1. The molecule has 3 atom stereocenters. The first-order valence-corrected chi connectivity index (χ1v) is 10.8. The van der Waals surface area contributed by atoms with Crippen LogP contribution in [0.5, 0.6) is 11.8 Å². The summed E-state index contributed by atoms with van der Waals surface area (Å²) in [5.41, 5.74) is 1.48. The summed E-state index contributed by atoms with van der Waals surface area (Å²) in [5, 5.41) is 8.59. The molecule has 3 heterocycles. The number of hydrogen-bond donors (Lipinski definition) is 1. The average molecular weight is 443 g/mol. The molecule has 1 saturated carbocycles. The molecule has 9 heteroatoms. The minimum absolute atomic E-state index is 0.253. The van der Waals surface area contributed by atoms with Crippen LogP contribution in [0.3, 0.4) is 0 Å². The third-order valence-electron chi connectivity index (χ3n) is 6.17. The van der Waals surface area contributed by atoms with Crippen molar-refractivity contribution < 1.29 is 9.13 Å². The van der Waals surface area contributed by atoms with Crippen molar-refractivity contribution in [3.05, 3.63) is 53.1 Å². The van der Waals surface area contributed by atoms with Gasteiger partial charge in [-0.25, -0.2) is 9.07 Å². The molecule has 0 radical (unpaired) electrons. The minimum atomic E-state index is -0.259. The number of piperidine rings is 1. The molecule has 1 N–H and O–H groups in total. The van der Waals surface area contributed by atoms with Gasteiger partial charge in [0.15, 0.2) is 5.82 Å². The van der Waals surface area contributed by atoms with Crippen LogP contribution in [0.25, 0.3) is 0 Å². The number of aromatic nitrogens is 4. The fraction of sp³-hybridized carbons (Fsp3) is 0.409. The largest absolute Gasteiger partial charge is 0.424 e. The molecule has 162 valence electrons. The van der Waals surface area contributed by atoms with Crippen molar-refractivity contribution in [1.82, 2.24) is 19.7 Å². The SMILES string of the molecule is Cc1cc(N2C[C@H]3CC[C@@H](C2)[C@@H]3Nc2nc(Oc3cccc(Cl)c3)n(C)n2)c(F)cn1. The van der Waals surface area contributed by atoms with Gasteiger partial charge in [-0.1, -0.05) is 17.7 Å². The molecule has 2 aromatic heterocycles. The zero-order chi connectivity index (χ0) is 21.5. The summed E-state index contributed by atoms with van der Waals surface area (Å²) >= 11 is 6.03. The maximum Gasteiger partial charge on any atom is 0.321 e. The van der Waals surface area contributed by atoms with Crippen LogP contribution in [-0.4, -0.2) is 38.9 Å². The minimum Gasteiger partial charge on any atom is -0.424 e. The Morgan fingerprint density at radius 3 is 2.71 bits per heavy atom. The number of ether oxygens (including phenoxy) is 1. The number of hydrogen-bond acceptors (Lipinski definition) is 6. The Morgan fingerprint density at radius 1 is 1.19 bits per heavy atom. The van der Waals surface area contributed by atoms with Gasteiger partial charge in [-0.05, 0) is 55.9 Å². The van der Waals surface area contributed by atoms with E-state index in [4.69, 9.17) is 16.3 Å². The van der Waals surface area contributed by atoms with E-state index in [1.54, 1.807) is 23.9 Å². The highest BCUT2D eigenvalue weighted by Crippen LogP contribution is 2.40. The maximum absolute atomic E-state index is 14.4. The summed E-state index contributed by atoms with van der Waals surface area (Å²) in [6, 6.07) is 9.66. The molecule has 0 amide bonds. The highest BCUT2D eigenvalue weighted by atomic mass is 35.5. The first-order valence-electron chi connectivity index (χ1n) is 10.4. The van der Waals surface area contributed by atoms with Gasteiger partial charge in [-0.15, -0.1) is 5.10 Å². The van der Waals surface area contributed by atoms with Gasteiger partial charge in [0.25, 0.3) is 0 Å². The Labute approximate surface area is 185 Å². The molecule has 7 nitrogen and oxygen atoms in total. The second-order valence-electron chi connectivity index (χ2n) is 8.35. The van der Waals surface area contributed by atoms with E-state index in [0.717, 1.165) is 31.6 Å². The summed E-state index contributed by atoms with van der Waals surface area (Å²) in [6.45, 7) is 3.49. The summed E-state index contributed by atoms with van der Waals surface area (Å²) in [7, 11) is 1.80. The van der Waals surface area contributed by atoms with Crippen LogP contribution in [0.15, 0.2) is 36.5 Å². The molecule has 31 heavy (non-hydrogen) atoms. The van der Waals surface area contributed by atoms with E-state index in [9.17, 15) is 4.39 Å². The monoisotopic (exact) mass is 442 g/mol. The first-order chi connectivity index (χ1) is 15.0. The van der Waals surface area contributed by atoms with E-state index in [-0.39, 0.29) is 11.9 Å². The smallest absolute Gasteiger partial charge is 0.321 e. The predicted octanol–water partition coefficient (Wildman–Crippen LogP) is 4.43. The van der Waals surface area contributed by atoms with Crippen LogP contribution in [0, 0.1) is 24.6 Å². The molecule has 1 aliphatic carbocycles. The number of nitrogens with zero attached hydrogens (tertiary/aromatic N) is 5. The first kappa shape index (κ1) is 20.1. The summed E-state index contributed by atoms with van der Waals surface area (Å²) in [4.78, 5) is 10.7. The molecule has 0 unspecified atom stereocenters. The van der Waals surface area contributed by atoms with Crippen LogP contribution >= 0.6 is 11.6 Å². The van der Waals surface area contributed by atoms with Crippen molar-refractivity contribution in [2.45, 2.75) is 25.8 Å². The Bertz CT molecular complexity index is 1090. The Morgan fingerprint density at radius 2 is 1.97 bits per heavy atom. The molecular formula is C22H24ClFN6O. The molecular weight excluding hydrogens is 419 g/mol. The topological polar surface area (TPSA) is 68.1 Å². The maximum atomic E-state index is 14.4. The van der Waals surface area contributed by atoms with Crippen molar-refractivity contribution in [2.75, 3.05) is 23.3 Å². The summed E-state index contributed by atoms with van der Waals surface area (Å²) < 4.78 is 21.8. The lowest BCUT2D eigenvalue weighted by molar-refractivity contribution is 0.373. The van der Waals surface area contributed by atoms with Gasteiger partial charge in [0.05, 0.1) is 11.9 Å². The van der Waals surface area contributed by atoms with E-state index < -0.39 is 0 Å².